The summed E-state index contributed by atoms with van der Waals surface area (Å²) >= 11 is 0. The number of benzene rings is 1. The number of amides is 1. The van der Waals surface area contributed by atoms with Crippen molar-refractivity contribution in [2.24, 2.45) is 0 Å². The largest absolute Gasteiger partial charge is 0.468 e. The molecule has 0 fully saturated rings. The topological polar surface area (TPSA) is 79.6 Å². The predicted molar refractivity (Wildman–Crippen MR) is 88.4 cm³/mol. The number of carbonyl (C=O) groups is 1. The summed E-state index contributed by atoms with van der Waals surface area (Å²) in [7, 11) is -3.42. The van der Waals surface area contributed by atoms with E-state index in [4.69, 9.17) is 4.42 Å². The first-order chi connectivity index (χ1) is 10.9. The van der Waals surface area contributed by atoms with Crippen LogP contribution in [0.1, 0.15) is 17.7 Å². The third-order valence-corrected chi connectivity index (χ3v) is 4.64. The highest BCUT2D eigenvalue weighted by Crippen LogP contribution is 2.14. The van der Waals surface area contributed by atoms with E-state index in [1.165, 1.54) is 10.6 Å². The number of nitrogens with one attached hydrogen (secondary N) is 1. The minimum Gasteiger partial charge on any atom is -0.468 e. The normalized spacial score (nSPS) is 11.6. The number of aryl methyl sites for hydroxylation is 1. The van der Waals surface area contributed by atoms with Crippen molar-refractivity contribution in [2.45, 2.75) is 19.9 Å². The van der Waals surface area contributed by atoms with Crippen LogP contribution in [0.15, 0.2) is 47.1 Å². The SMILES string of the molecule is Cc1ccccc1NC(=O)CCN(Cc1ccco1)S(C)(=O)=O. The lowest BCUT2D eigenvalue weighted by Gasteiger charge is -2.18. The van der Waals surface area contributed by atoms with E-state index in [0.717, 1.165) is 17.5 Å². The number of sulfonamides is 1. The first-order valence-corrected chi connectivity index (χ1v) is 9.04. The maximum absolute atomic E-state index is 12.0. The summed E-state index contributed by atoms with van der Waals surface area (Å²) in [5.41, 5.74) is 1.69. The van der Waals surface area contributed by atoms with E-state index in [0.29, 0.717) is 5.76 Å². The number of anilines is 1. The smallest absolute Gasteiger partial charge is 0.225 e. The molecular weight excluding hydrogens is 316 g/mol. The lowest BCUT2D eigenvalue weighted by Crippen LogP contribution is -2.32. The monoisotopic (exact) mass is 336 g/mol. The molecule has 6 nitrogen and oxygen atoms in total. The van der Waals surface area contributed by atoms with Crippen molar-refractivity contribution < 1.29 is 17.6 Å². The van der Waals surface area contributed by atoms with Gasteiger partial charge in [-0.1, -0.05) is 18.2 Å². The second-order valence-corrected chi connectivity index (χ2v) is 7.27. The Hall–Kier alpha value is -2.12. The number of carbonyl (C=O) groups excluding carboxylic acids is 1. The fraction of sp³-hybridized carbons (Fsp3) is 0.312. The lowest BCUT2D eigenvalue weighted by molar-refractivity contribution is -0.116. The van der Waals surface area contributed by atoms with Crippen molar-refractivity contribution >= 4 is 21.6 Å². The minimum absolute atomic E-state index is 0.0715. The fourth-order valence-electron chi connectivity index (χ4n) is 2.09. The van der Waals surface area contributed by atoms with Gasteiger partial charge in [-0.3, -0.25) is 4.79 Å². The molecular formula is C16H20N2O4S. The molecule has 0 atom stereocenters. The van der Waals surface area contributed by atoms with E-state index in [9.17, 15) is 13.2 Å². The van der Waals surface area contributed by atoms with Gasteiger partial charge < -0.3 is 9.73 Å². The van der Waals surface area contributed by atoms with Crippen LogP contribution in [0.4, 0.5) is 5.69 Å². The van der Waals surface area contributed by atoms with Crippen LogP contribution in [0.2, 0.25) is 0 Å². The Balaban J connectivity index is 1.95. The number of para-hydroxylation sites is 1. The molecule has 1 heterocycles. The van der Waals surface area contributed by atoms with Crippen LogP contribution in [0.5, 0.6) is 0 Å². The molecule has 1 aromatic heterocycles. The Kier molecular flexibility index (Phi) is 5.57. The summed E-state index contributed by atoms with van der Waals surface area (Å²) in [5.74, 6) is 0.308. The van der Waals surface area contributed by atoms with Gasteiger partial charge >= 0.3 is 0 Å². The second kappa shape index (κ2) is 7.43. The quantitative estimate of drug-likeness (QED) is 0.842. The van der Waals surface area contributed by atoms with Crippen molar-refractivity contribution in [3.63, 3.8) is 0 Å². The van der Waals surface area contributed by atoms with Gasteiger partial charge in [-0.25, -0.2) is 8.42 Å². The van der Waals surface area contributed by atoms with Crippen LogP contribution in [0.25, 0.3) is 0 Å². The van der Waals surface area contributed by atoms with Crippen LogP contribution in [-0.2, 0) is 21.4 Å². The number of hydrogen-bond donors (Lipinski definition) is 1. The van der Waals surface area contributed by atoms with Crippen molar-refractivity contribution in [1.82, 2.24) is 4.31 Å². The molecule has 0 spiro atoms. The Morgan fingerprint density at radius 2 is 1.96 bits per heavy atom. The van der Waals surface area contributed by atoms with Crippen molar-refractivity contribution in [1.29, 1.82) is 0 Å². The first kappa shape index (κ1) is 17.2. The molecule has 0 bridgehead atoms. The van der Waals surface area contributed by atoms with Crippen LogP contribution in [-0.4, -0.2) is 31.4 Å². The molecule has 0 aliphatic rings. The molecule has 124 valence electrons. The molecule has 1 aromatic carbocycles. The van der Waals surface area contributed by atoms with Crippen molar-refractivity contribution in [3.8, 4) is 0 Å². The van der Waals surface area contributed by atoms with E-state index in [-0.39, 0.29) is 25.4 Å². The maximum atomic E-state index is 12.0. The number of rotatable bonds is 7. The van der Waals surface area contributed by atoms with Gasteiger partial charge in [0.25, 0.3) is 0 Å². The van der Waals surface area contributed by atoms with Crippen molar-refractivity contribution in [3.05, 3.63) is 54.0 Å². The third-order valence-electron chi connectivity index (χ3n) is 3.39. The lowest BCUT2D eigenvalue weighted by atomic mass is 10.2. The summed E-state index contributed by atoms with van der Waals surface area (Å²) < 4.78 is 30.1. The average molecular weight is 336 g/mol. The van der Waals surface area contributed by atoms with Crippen LogP contribution >= 0.6 is 0 Å². The fourth-order valence-corrected chi connectivity index (χ4v) is 2.88. The highest BCUT2D eigenvalue weighted by atomic mass is 32.2. The van der Waals surface area contributed by atoms with Gasteiger partial charge in [0, 0.05) is 18.7 Å². The highest BCUT2D eigenvalue weighted by molar-refractivity contribution is 7.88. The zero-order chi connectivity index (χ0) is 16.9. The minimum atomic E-state index is -3.42. The van der Waals surface area contributed by atoms with Crippen LogP contribution in [0, 0.1) is 6.92 Å². The summed E-state index contributed by atoms with van der Waals surface area (Å²) in [5, 5.41) is 2.79. The maximum Gasteiger partial charge on any atom is 0.225 e. The van der Waals surface area contributed by atoms with Gasteiger partial charge in [0.1, 0.15) is 5.76 Å². The summed E-state index contributed by atoms with van der Waals surface area (Å²) in [6.45, 7) is 2.11. The van der Waals surface area contributed by atoms with Gasteiger partial charge in [-0.15, -0.1) is 0 Å². The van der Waals surface area contributed by atoms with Gasteiger partial charge in [-0.05, 0) is 30.7 Å². The van der Waals surface area contributed by atoms with E-state index >= 15 is 0 Å². The molecule has 0 unspecified atom stereocenters. The van der Waals surface area contributed by atoms with E-state index < -0.39 is 10.0 Å². The third kappa shape index (κ3) is 5.22. The zero-order valence-corrected chi connectivity index (χ0v) is 14.0. The Labute approximate surface area is 136 Å². The number of nitrogens with zero attached hydrogens (tertiary/aromatic N) is 1. The van der Waals surface area contributed by atoms with Gasteiger partial charge in [0.05, 0.1) is 19.1 Å². The van der Waals surface area contributed by atoms with Gasteiger partial charge in [-0.2, -0.15) is 4.31 Å². The molecule has 7 heteroatoms. The second-order valence-electron chi connectivity index (χ2n) is 5.29. The molecule has 0 aliphatic carbocycles. The standard InChI is InChI=1S/C16H20N2O4S/c1-13-6-3-4-8-15(13)17-16(19)9-10-18(23(2,20)21)12-14-7-5-11-22-14/h3-8,11H,9-10,12H2,1-2H3,(H,17,19). The molecule has 0 radical (unpaired) electrons. The van der Waals surface area contributed by atoms with Crippen LogP contribution < -0.4 is 5.32 Å². The molecule has 2 aromatic rings. The number of furan rings is 1. The molecule has 0 saturated carbocycles. The first-order valence-electron chi connectivity index (χ1n) is 7.19. The molecule has 23 heavy (non-hydrogen) atoms. The Morgan fingerprint density at radius 3 is 2.57 bits per heavy atom. The van der Waals surface area contributed by atoms with E-state index in [1.807, 2.05) is 31.2 Å². The molecule has 1 N–H and O–H groups in total. The molecule has 0 aliphatic heterocycles. The summed E-state index contributed by atoms with van der Waals surface area (Å²) in [6.07, 6.45) is 2.68. The summed E-state index contributed by atoms with van der Waals surface area (Å²) in [6, 6.07) is 10.8. The summed E-state index contributed by atoms with van der Waals surface area (Å²) in [4.78, 5) is 12.0. The number of hydrogen-bond acceptors (Lipinski definition) is 4. The molecule has 0 saturated heterocycles. The van der Waals surface area contributed by atoms with Gasteiger partial charge in [0.2, 0.25) is 15.9 Å². The van der Waals surface area contributed by atoms with Gasteiger partial charge in [0.15, 0.2) is 0 Å². The molecule has 1 amide bonds. The van der Waals surface area contributed by atoms with Crippen LogP contribution in [0.3, 0.4) is 0 Å². The Bertz CT molecular complexity index is 754. The average Bonchev–Trinajstić information content (AvgIpc) is 2.98. The zero-order valence-electron chi connectivity index (χ0n) is 13.2. The molecule has 2 rings (SSSR count). The van der Waals surface area contributed by atoms with E-state index in [1.54, 1.807) is 12.1 Å². The highest BCUT2D eigenvalue weighted by Gasteiger charge is 2.19. The Morgan fingerprint density at radius 1 is 1.22 bits per heavy atom. The predicted octanol–water partition coefficient (Wildman–Crippen LogP) is 2.38. The van der Waals surface area contributed by atoms with E-state index in [2.05, 4.69) is 5.32 Å². The van der Waals surface area contributed by atoms with Crippen molar-refractivity contribution in [2.75, 3.05) is 18.1 Å².